The molecule has 0 bridgehead atoms. The molecule has 0 aliphatic carbocycles. The molecule has 6 heteroatoms. The number of nitrogens with zero attached hydrogens (tertiary/aromatic N) is 4. The number of carbonyl (C=O) groups excluding carboxylic acids is 2. The van der Waals surface area contributed by atoms with Crippen LogP contribution in [0, 0.1) is 5.92 Å². The first-order chi connectivity index (χ1) is 17.2. The highest BCUT2D eigenvalue weighted by Gasteiger charge is 2.31. The Morgan fingerprint density at radius 3 is 2.31 bits per heavy atom. The van der Waals surface area contributed by atoms with E-state index in [0.29, 0.717) is 19.5 Å². The summed E-state index contributed by atoms with van der Waals surface area (Å²) in [6, 6.07) is 20.6. The third kappa shape index (κ3) is 5.70. The van der Waals surface area contributed by atoms with E-state index in [2.05, 4.69) is 46.3 Å². The Kier molecular flexibility index (Phi) is 7.38. The predicted molar refractivity (Wildman–Crippen MR) is 138 cm³/mol. The van der Waals surface area contributed by atoms with Gasteiger partial charge in [0, 0.05) is 69.7 Å². The molecule has 2 amide bonds. The molecule has 2 aliphatic rings. The molecule has 0 unspecified atom stereocenters. The third-order valence-electron chi connectivity index (χ3n) is 7.46. The van der Waals surface area contributed by atoms with Crippen molar-refractivity contribution in [2.45, 2.75) is 32.2 Å². The molecule has 1 aromatic heterocycles. The molecule has 0 N–H and O–H groups in total. The van der Waals surface area contributed by atoms with Crippen molar-refractivity contribution in [2.75, 3.05) is 39.3 Å². The maximum atomic E-state index is 13.2. The second-order valence-corrected chi connectivity index (χ2v) is 9.73. The number of carbonyl (C=O) groups is 2. The number of pyridine rings is 1. The van der Waals surface area contributed by atoms with E-state index in [1.807, 2.05) is 40.3 Å². The number of rotatable bonds is 6. The van der Waals surface area contributed by atoms with Crippen molar-refractivity contribution >= 4 is 22.7 Å². The summed E-state index contributed by atoms with van der Waals surface area (Å²) in [6.07, 6.45) is 4.72. The molecule has 5 rings (SSSR count). The largest absolute Gasteiger partial charge is 0.343 e. The lowest BCUT2D eigenvalue weighted by Crippen LogP contribution is -2.51. The van der Waals surface area contributed by atoms with Crippen molar-refractivity contribution in [1.82, 2.24) is 19.7 Å². The van der Waals surface area contributed by atoms with Crippen LogP contribution in [0.1, 0.15) is 30.4 Å². The maximum absolute atomic E-state index is 13.2. The maximum Gasteiger partial charge on any atom is 0.225 e. The van der Waals surface area contributed by atoms with Crippen LogP contribution in [0.4, 0.5) is 0 Å². The minimum absolute atomic E-state index is 0.0435. The summed E-state index contributed by atoms with van der Waals surface area (Å²) in [5, 5.41) is 1.17. The van der Waals surface area contributed by atoms with Crippen LogP contribution in [0.5, 0.6) is 0 Å². The molecular formula is C29H34N4O2. The van der Waals surface area contributed by atoms with Crippen LogP contribution in [0.25, 0.3) is 10.9 Å². The molecule has 35 heavy (non-hydrogen) atoms. The standard InChI is InChI=1S/C29H34N4O2/c34-27(12-11-23-6-2-1-3-7-23)32-16-13-25(14-17-32)29(35)33-20-18-31(19-21-33)22-26-9-4-8-24-10-5-15-30-28(24)26/h1-10,15,25H,11-14,16-22H2. The minimum Gasteiger partial charge on any atom is -0.343 e. The van der Waals surface area contributed by atoms with Gasteiger partial charge in [-0.2, -0.15) is 0 Å². The van der Waals surface area contributed by atoms with Crippen molar-refractivity contribution in [2.24, 2.45) is 5.92 Å². The summed E-state index contributed by atoms with van der Waals surface area (Å²) in [5.74, 6) is 0.520. The lowest BCUT2D eigenvalue weighted by Gasteiger charge is -2.38. The quantitative estimate of drug-likeness (QED) is 0.551. The fourth-order valence-corrected chi connectivity index (χ4v) is 5.35. The molecule has 0 spiro atoms. The van der Waals surface area contributed by atoms with Gasteiger partial charge in [0.25, 0.3) is 0 Å². The minimum atomic E-state index is 0.0435. The Balaban J connectivity index is 1.07. The molecule has 3 heterocycles. The van der Waals surface area contributed by atoms with E-state index in [9.17, 15) is 9.59 Å². The molecule has 6 nitrogen and oxygen atoms in total. The molecular weight excluding hydrogens is 436 g/mol. The molecule has 182 valence electrons. The van der Waals surface area contributed by atoms with Crippen LogP contribution in [0.2, 0.25) is 0 Å². The number of amides is 2. The van der Waals surface area contributed by atoms with Crippen LogP contribution in [-0.4, -0.2) is 70.8 Å². The normalized spacial score (nSPS) is 17.6. The van der Waals surface area contributed by atoms with E-state index in [4.69, 9.17) is 0 Å². The average Bonchev–Trinajstić information content (AvgIpc) is 2.93. The van der Waals surface area contributed by atoms with Crippen LogP contribution < -0.4 is 0 Å². The van der Waals surface area contributed by atoms with Gasteiger partial charge in [0.2, 0.25) is 11.8 Å². The summed E-state index contributed by atoms with van der Waals surface area (Å²) in [4.78, 5) is 36.8. The van der Waals surface area contributed by atoms with Crippen molar-refractivity contribution in [1.29, 1.82) is 0 Å². The van der Waals surface area contributed by atoms with Gasteiger partial charge in [0.1, 0.15) is 0 Å². The van der Waals surface area contributed by atoms with Crippen molar-refractivity contribution in [3.63, 3.8) is 0 Å². The number of hydrogen-bond acceptors (Lipinski definition) is 4. The molecule has 2 fully saturated rings. The van der Waals surface area contributed by atoms with Gasteiger partial charge < -0.3 is 9.80 Å². The van der Waals surface area contributed by atoms with E-state index in [1.165, 1.54) is 16.5 Å². The van der Waals surface area contributed by atoms with Gasteiger partial charge in [-0.1, -0.05) is 54.6 Å². The second-order valence-electron chi connectivity index (χ2n) is 9.73. The number of likely N-dealkylation sites (tertiary alicyclic amines) is 1. The van der Waals surface area contributed by atoms with E-state index >= 15 is 0 Å². The van der Waals surface area contributed by atoms with Crippen LogP contribution in [-0.2, 0) is 22.6 Å². The molecule has 0 radical (unpaired) electrons. The van der Waals surface area contributed by atoms with Gasteiger partial charge >= 0.3 is 0 Å². The average molecular weight is 471 g/mol. The highest BCUT2D eigenvalue weighted by molar-refractivity contribution is 5.82. The van der Waals surface area contributed by atoms with Gasteiger partial charge in [0.15, 0.2) is 0 Å². The Morgan fingerprint density at radius 2 is 1.54 bits per heavy atom. The van der Waals surface area contributed by atoms with E-state index < -0.39 is 0 Å². The molecule has 0 atom stereocenters. The first-order valence-electron chi connectivity index (χ1n) is 12.8. The summed E-state index contributed by atoms with van der Waals surface area (Å²) >= 11 is 0. The number of aryl methyl sites for hydroxylation is 1. The van der Waals surface area contributed by atoms with Gasteiger partial charge in [-0.15, -0.1) is 0 Å². The van der Waals surface area contributed by atoms with Crippen LogP contribution in [0.15, 0.2) is 66.9 Å². The monoisotopic (exact) mass is 470 g/mol. The Hall–Kier alpha value is -3.25. The number of piperazine rings is 1. The van der Waals surface area contributed by atoms with Crippen molar-refractivity contribution in [3.8, 4) is 0 Å². The lowest BCUT2D eigenvalue weighted by molar-refractivity contribution is -0.142. The number of hydrogen-bond donors (Lipinski definition) is 0. The lowest BCUT2D eigenvalue weighted by atomic mass is 9.94. The summed E-state index contributed by atoms with van der Waals surface area (Å²) in [5.41, 5.74) is 3.51. The zero-order valence-electron chi connectivity index (χ0n) is 20.3. The topological polar surface area (TPSA) is 56.8 Å². The van der Waals surface area contributed by atoms with E-state index in [1.54, 1.807) is 0 Å². The molecule has 2 aromatic carbocycles. The summed E-state index contributed by atoms with van der Waals surface area (Å²) in [7, 11) is 0. The summed E-state index contributed by atoms with van der Waals surface area (Å²) < 4.78 is 0. The number of benzene rings is 2. The number of piperidine rings is 1. The van der Waals surface area contributed by atoms with Gasteiger partial charge in [-0.3, -0.25) is 19.5 Å². The highest BCUT2D eigenvalue weighted by atomic mass is 16.2. The third-order valence-corrected chi connectivity index (χ3v) is 7.46. The highest BCUT2D eigenvalue weighted by Crippen LogP contribution is 2.23. The molecule has 2 aliphatic heterocycles. The van der Waals surface area contributed by atoms with Crippen LogP contribution in [0.3, 0.4) is 0 Å². The van der Waals surface area contributed by atoms with E-state index in [0.717, 1.165) is 57.5 Å². The van der Waals surface area contributed by atoms with Gasteiger partial charge in [-0.25, -0.2) is 0 Å². The van der Waals surface area contributed by atoms with Gasteiger partial charge in [0.05, 0.1) is 5.52 Å². The first kappa shape index (κ1) is 23.5. The van der Waals surface area contributed by atoms with Crippen molar-refractivity contribution < 1.29 is 9.59 Å². The Bertz CT molecular complexity index is 1140. The van der Waals surface area contributed by atoms with Crippen LogP contribution >= 0.6 is 0 Å². The number of fused-ring (bicyclic) bond motifs is 1. The fraction of sp³-hybridized carbons (Fsp3) is 0.414. The summed E-state index contributed by atoms with van der Waals surface area (Å²) in [6.45, 7) is 5.55. The second kappa shape index (κ2) is 11.0. The Morgan fingerprint density at radius 1 is 0.800 bits per heavy atom. The SMILES string of the molecule is O=C(CCc1ccccc1)N1CCC(C(=O)N2CCN(Cc3cccc4cccnc34)CC2)CC1. The Labute approximate surface area is 207 Å². The molecule has 0 saturated carbocycles. The van der Waals surface area contributed by atoms with Crippen molar-refractivity contribution in [3.05, 3.63) is 78.0 Å². The zero-order valence-corrected chi connectivity index (χ0v) is 20.3. The predicted octanol–water partition coefficient (Wildman–Crippen LogP) is 3.75. The molecule has 3 aromatic rings. The smallest absolute Gasteiger partial charge is 0.225 e. The first-order valence-corrected chi connectivity index (χ1v) is 12.8. The zero-order chi connectivity index (χ0) is 24.0. The molecule has 2 saturated heterocycles. The number of para-hydroxylation sites is 1. The number of aromatic nitrogens is 1. The fourth-order valence-electron chi connectivity index (χ4n) is 5.35. The van der Waals surface area contributed by atoms with E-state index in [-0.39, 0.29) is 17.7 Å². The van der Waals surface area contributed by atoms with Gasteiger partial charge in [-0.05, 0) is 36.5 Å².